The number of rotatable bonds is 2. The van der Waals surface area contributed by atoms with Gasteiger partial charge in [0, 0.05) is 21.1 Å². The van der Waals surface area contributed by atoms with Crippen molar-refractivity contribution in [2.24, 2.45) is 0 Å². The molecule has 0 fully saturated rings. The molecule has 1 heterocycles. The molecule has 2 N–H and O–H groups in total. The lowest BCUT2D eigenvalue weighted by atomic mass is 10.1. The summed E-state index contributed by atoms with van der Waals surface area (Å²) in [4.78, 5) is 12.7. The zero-order chi connectivity index (χ0) is 10.8. The predicted octanol–water partition coefficient (Wildman–Crippen LogP) is 3.32. The van der Waals surface area contributed by atoms with Crippen molar-refractivity contribution in [3.05, 3.63) is 50.6 Å². The summed E-state index contributed by atoms with van der Waals surface area (Å²) in [6.07, 6.45) is 0. The molecule has 0 amide bonds. The van der Waals surface area contributed by atoms with E-state index in [-0.39, 0.29) is 5.78 Å². The third kappa shape index (κ3) is 2.27. The maximum Gasteiger partial charge on any atom is 0.203 e. The van der Waals surface area contributed by atoms with E-state index < -0.39 is 0 Å². The summed E-state index contributed by atoms with van der Waals surface area (Å²) in [5, 5.41) is 1.89. The number of hydrogen-bond acceptors (Lipinski definition) is 3. The number of benzene rings is 1. The summed E-state index contributed by atoms with van der Waals surface area (Å²) in [7, 11) is 0. The van der Waals surface area contributed by atoms with Crippen LogP contribution in [0.3, 0.4) is 0 Å². The fraction of sp³-hybridized carbons (Fsp3) is 0. The number of halogens is 1. The van der Waals surface area contributed by atoms with Crippen molar-refractivity contribution in [3.8, 4) is 0 Å². The summed E-state index contributed by atoms with van der Waals surface area (Å²) < 4.78 is 0.930. The van der Waals surface area contributed by atoms with E-state index in [0.29, 0.717) is 16.1 Å². The molecule has 2 nitrogen and oxygen atoms in total. The van der Waals surface area contributed by atoms with E-state index in [1.807, 2.05) is 11.4 Å². The third-order valence-electron chi connectivity index (χ3n) is 1.94. The highest BCUT2D eigenvalue weighted by atomic mass is 79.9. The lowest BCUT2D eigenvalue weighted by molar-refractivity contribution is 0.104. The first-order valence-corrected chi connectivity index (χ1v) is 5.98. The Balaban J connectivity index is 2.36. The molecule has 0 atom stereocenters. The number of carbonyl (C=O) groups excluding carboxylic acids is 1. The van der Waals surface area contributed by atoms with E-state index in [0.717, 1.165) is 4.47 Å². The number of nitrogen functional groups attached to an aromatic ring is 1. The molecule has 15 heavy (non-hydrogen) atoms. The van der Waals surface area contributed by atoms with Crippen molar-refractivity contribution >= 4 is 38.7 Å². The van der Waals surface area contributed by atoms with Crippen molar-refractivity contribution in [1.82, 2.24) is 0 Å². The first-order chi connectivity index (χ1) is 7.16. The average Bonchev–Trinajstić information content (AvgIpc) is 2.64. The molecule has 4 heteroatoms. The van der Waals surface area contributed by atoms with E-state index in [1.54, 1.807) is 24.3 Å². The Bertz CT molecular complexity index is 507. The molecule has 0 aliphatic carbocycles. The van der Waals surface area contributed by atoms with Gasteiger partial charge in [0.2, 0.25) is 5.78 Å². The summed E-state index contributed by atoms with van der Waals surface area (Å²) in [6.45, 7) is 0. The highest BCUT2D eigenvalue weighted by Crippen LogP contribution is 2.23. The molecule has 1 aromatic heterocycles. The standard InChI is InChI=1S/C11H8BrNOS/c12-8-5-10(15-6-8)11(14)7-2-1-3-9(13)4-7/h1-6H,13H2. The number of thiophene rings is 1. The van der Waals surface area contributed by atoms with Gasteiger partial charge in [-0.15, -0.1) is 11.3 Å². The molecular weight excluding hydrogens is 274 g/mol. The SMILES string of the molecule is Nc1cccc(C(=O)c2cc(Br)cs2)c1. The molecule has 2 aromatic rings. The highest BCUT2D eigenvalue weighted by Gasteiger charge is 2.11. The summed E-state index contributed by atoms with van der Waals surface area (Å²) in [6, 6.07) is 8.82. The van der Waals surface area contributed by atoms with Crippen molar-refractivity contribution in [3.63, 3.8) is 0 Å². The molecule has 1 aromatic carbocycles. The van der Waals surface area contributed by atoms with Gasteiger partial charge in [0.05, 0.1) is 4.88 Å². The molecule has 2 rings (SSSR count). The van der Waals surface area contributed by atoms with Crippen LogP contribution in [0.5, 0.6) is 0 Å². The first kappa shape index (κ1) is 10.4. The minimum atomic E-state index is 0.0120. The maximum atomic E-state index is 11.9. The lowest BCUT2D eigenvalue weighted by Gasteiger charge is -1.98. The van der Waals surface area contributed by atoms with Crippen LogP contribution in [0.1, 0.15) is 15.2 Å². The van der Waals surface area contributed by atoms with E-state index in [2.05, 4.69) is 15.9 Å². The molecule has 0 saturated heterocycles. The van der Waals surface area contributed by atoms with Crippen molar-refractivity contribution < 1.29 is 4.79 Å². The molecule has 0 radical (unpaired) electrons. The lowest BCUT2D eigenvalue weighted by Crippen LogP contribution is -1.99. The molecule has 0 aliphatic rings. The first-order valence-electron chi connectivity index (χ1n) is 4.31. The van der Waals surface area contributed by atoms with E-state index in [4.69, 9.17) is 5.73 Å². The smallest absolute Gasteiger partial charge is 0.203 e. The van der Waals surface area contributed by atoms with Gasteiger partial charge in [-0.25, -0.2) is 0 Å². The summed E-state index contributed by atoms with van der Waals surface area (Å²) in [5.41, 5.74) is 6.86. The van der Waals surface area contributed by atoms with Crippen LogP contribution in [0.15, 0.2) is 40.2 Å². The van der Waals surface area contributed by atoms with Crippen LogP contribution in [0.2, 0.25) is 0 Å². The van der Waals surface area contributed by atoms with Gasteiger partial charge in [0.25, 0.3) is 0 Å². The quantitative estimate of drug-likeness (QED) is 0.678. The second-order valence-corrected chi connectivity index (χ2v) is 4.91. The Morgan fingerprint density at radius 2 is 2.13 bits per heavy atom. The van der Waals surface area contributed by atoms with Gasteiger partial charge in [-0.3, -0.25) is 4.79 Å². The molecule has 0 aliphatic heterocycles. The topological polar surface area (TPSA) is 43.1 Å². The highest BCUT2D eigenvalue weighted by molar-refractivity contribution is 9.10. The van der Waals surface area contributed by atoms with E-state index >= 15 is 0 Å². The Labute approximate surface area is 99.9 Å². The Hall–Kier alpha value is -1.13. The normalized spacial score (nSPS) is 10.2. The minimum absolute atomic E-state index is 0.0120. The van der Waals surface area contributed by atoms with E-state index in [1.165, 1.54) is 11.3 Å². The molecule has 76 valence electrons. The molecule has 0 spiro atoms. The van der Waals surface area contributed by atoms with Gasteiger partial charge in [-0.1, -0.05) is 12.1 Å². The average molecular weight is 282 g/mol. The number of ketones is 1. The number of nitrogens with two attached hydrogens (primary N) is 1. The summed E-state index contributed by atoms with van der Waals surface area (Å²) >= 11 is 4.74. The van der Waals surface area contributed by atoms with Crippen molar-refractivity contribution in [2.75, 3.05) is 5.73 Å². The van der Waals surface area contributed by atoms with Gasteiger partial charge in [-0.05, 0) is 34.1 Å². The van der Waals surface area contributed by atoms with Gasteiger partial charge < -0.3 is 5.73 Å². The van der Waals surface area contributed by atoms with Gasteiger partial charge >= 0.3 is 0 Å². The Kier molecular flexibility index (Phi) is 2.88. The van der Waals surface area contributed by atoms with Crippen LogP contribution < -0.4 is 5.73 Å². The van der Waals surface area contributed by atoms with Gasteiger partial charge in [0.1, 0.15) is 0 Å². The largest absolute Gasteiger partial charge is 0.399 e. The number of anilines is 1. The van der Waals surface area contributed by atoms with Crippen LogP contribution in [0.4, 0.5) is 5.69 Å². The number of hydrogen-bond donors (Lipinski definition) is 1. The Morgan fingerprint density at radius 3 is 2.73 bits per heavy atom. The zero-order valence-electron chi connectivity index (χ0n) is 7.74. The van der Waals surface area contributed by atoms with Crippen LogP contribution >= 0.6 is 27.3 Å². The van der Waals surface area contributed by atoms with Crippen LogP contribution in [-0.2, 0) is 0 Å². The fourth-order valence-corrected chi connectivity index (χ4v) is 2.64. The van der Waals surface area contributed by atoms with Crippen LogP contribution in [0.25, 0.3) is 0 Å². The number of carbonyl (C=O) groups is 1. The zero-order valence-corrected chi connectivity index (χ0v) is 10.1. The molecule has 0 unspecified atom stereocenters. The Morgan fingerprint density at radius 1 is 1.33 bits per heavy atom. The van der Waals surface area contributed by atoms with E-state index in [9.17, 15) is 4.79 Å². The monoisotopic (exact) mass is 281 g/mol. The summed E-state index contributed by atoms with van der Waals surface area (Å²) in [5.74, 6) is 0.0120. The molecule has 0 bridgehead atoms. The van der Waals surface area contributed by atoms with Crippen LogP contribution in [0, 0.1) is 0 Å². The fourth-order valence-electron chi connectivity index (χ4n) is 1.25. The maximum absolute atomic E-state index is 11.9. The second kappa shape index (κ2) is 4.16. The van der Waals surface area contributed by atoms with Crippen molar-refractivity contribution in [1.29, 1.82) is 0 Å². The second-order valence-electron chi connectivity index (χ2n) is 3.08. The minimum Gasteiger partial charge on any atom is -0.399 e. The van der Waals surface area contributed by atoms with Gasteiger partial charge in [-0.2, -0.15) is 0 Å². The third-order valence-corrected chi connectivity index (χ3v) is 3.63. The molecule has 0 saturated carbocycles. The predicted molar refractivity (Wildman–Crippen MR) is 66.3 cm³/mol. The van der Waals surface area contributed by atoms with Crippen LogP contribution in [-0.4, -0.2) is 5.78 Å². The van der Waals surface area contributed by atoms with Crippen molar-refractivity contribution in [2.45, 2.75) is 0 Å². The van der Waals surface area contributed by atoms with Gasteiger partial charge in [0.15, 0.2) is 0 Å². The molecular formula is C11H8BrNOS.